The van der Waals surface area contributed by atoms with E-state index in [1.165, 1.54) is 17.1 Å². The van der Waals surface area contributed by atoms with Gasteiger partial charge in [0, 0.05) is 6.20 Å². The molecule has 138 valence electrons. The van der Waals surface area contributed by atoms with Gasteiger partial charge in [-0.15, -0.1) is 0 Å². The minimum absolute atomic E-state index is 0.0459. The summed E-state index contributed by atoms with van der Waals surface area (Å²) in [5.74, 6) is -0.228. The van der Waals surface area contributed by atoms with Crippen LogP contribution in [0.2, 0.25) is 0 Å². The summed E-state index contributed by atoms with van der Waals surface area (Å²) >= 11 is 0. The summed E-state index contributed by atoms with van der Waals surface area (Å²) in [5, 5.41) is 6.64. The maximum Gasteiger partial charge on any atom is 0.265 e. The lowest BCUT2D eigenvalue weighted by molar-refractivity contribution is -0.122. The highest BCUT2D eigenvalue weighted by atomic mass is 16.5. The number of benzene rings is 2. The van der Waals surface area contributed by atoms with E-state index < -0.39 is 12.0 Å². The van der Waals surface area contributed by atoms with Crippen molar-refractivity contribution in [2.24, 2.45) is 5.73 Å². The van der Waals surface area contributed by atoms with Crippen LogP contribution in [0.4, 0.5) is 5.69 Å². The number of hydrogen-bond acceptors (Lipinski definition) is 4. The van der Waals surface area contributed by atoms with Crippen molar-refractivity contribution in [3.8, 4) is 16.9 Å². The molecular formula is C20H20N4O3. The number of primary amides is 1. The maximum atomic E-state index is 12.3. The van der Waals surface area contributed by atoms with Crippen LogP contribution in [0.25, 0.3) is 11.1 Å². The normalized spacial score (nSPS) is 11.6. The van der Waals surface area contributed by atoms with Gasteiger partial charge in [-0.1, -0.05) is 42.5 Å². The third-order valence-corrected chi connectivity index (χ3v) is 3.86. The molecule has 0 aliphatic rings. The van der Waals surface area contributed by atoms with Crippen LogP contribution in [0.1, 0.15) is 6.92 Å². The highest BCUT2D eigenvalue weighted by Crippen LogP contribution is 2.22. The van der Waals surface area contributed by atoms with Crippen LogP contribution < -0.4 is 15.8 Å². The Morgan fingerprint density at radius 2 is 1.78 bits per heavy atom. The van der Waals surface area contributed by atoms with Gasteiger partial charge in [0.2, 0.25) is 5.91 Å². The summed E-state index contributed by atoms with van der Waals surface area (Å²) in [7, 11) is 0. The monoisotopic (exact) mass is 364 g/mol. The highest BCUT2D eigenvalue weighted by molar-refractivity contribution is 5.93. The molecule has 27 heavy (non-hydrogen) atoms. The van der Waals surface area contributed by atoms with E-state index >= 15 is 0 Å². The number of nitrogens with two attached hydrogens (primary N) is 1. The lowest BCUT2D eigenvalue weighted by atomic mass is 10.1. The summed E-state index contributed by atoms with van der Waals surface area (Å²) in [6, 6.07) is 17.6. The number of carbonyl (C=O) groups is 2. The third-order valence-electron chi connectivity index (χ3n) is 3.86. The number of rotatable bonds is 7. The Morgan fingerprint density at radius 3 is 2.44 bits per heavy atom. The minimum Gasteiger partial charge on any atom is -0.481 e. The molecule has 0 saturated carbocycles. The summed E-state index contributed by atoms with van der Waals surface area (Å²) in [6.45, 7) is 1.62. The molecule has 2 amide bonds. The molecule has 0 aliphatic heterocycles. The van der Waals surface area contributed by atoms with Gasteiger partial charge < -0.3 is 15.8 Å². The quantitative estimate of drug-likeness (QED) is 0.672. The highest BCUT2D eigenvalue weighted by Gasteiger charge is 2.16. The molecule has 7 nitrogen and oxygen atoms in total. The van der Waals surface area contributed by atoms with E-state index in [-0.39, 0.29) is 12.5 Å². The average Bonchev–Trinajstić information content (AvgIpc) is 3.09. The minimum atomic E-state index is -0.702. The molecular weight excluding hydrogens is 344 g/mol. The summed E-state index contributed by atoms with van der Waals surface area (Å²) in [4.78, 5) is 23.2. The van der Waals surface area contributed by atoms with Crippen LogP contribution in [0.5, 0.6) is 5.75 Å². The second kappa shape index (κ2) is 8.18. The third kappa shape index (κ3) is 4.94. The number of aromatic nitrogens is 2. The molecule has 7 heteroatoms. The van der Waals surface area contributed by atoms with Gasteiger partial charge in [0.25, 0.3) is 5.91 Å². The first-order valence-corrected chi connectivity index (χ1v) is 8.45. The molecule has 1 heterocycles. The number of nitrogens with zero attached hydrogens (tertiary/aromatic N) is 2. The van der Waals surface area contributed by atoms with E-state index in [0.29, 0.717) is 11.4 Å². The lowest BCUT2D eigenvalue weighted by Crippen LogP contribution is -2.30. The first-order valence-electron chi connectivity index (χ1n) is 8.45. The number of carbonyl (C=O) groups excluding carboxylic acids is 2. The largest absolute Gasteiger partial charge is 0.481 e. The van der Waals surface area contributed by atoms with Crippen molar-refractivity contribution >= 4 is 17.5 Å². The predicted molar refractivity (Wildman–Crippen MR) is 102 cm³/mol. The zero-order valence-electron chi connectivity index (χ0n) is 14.8. The first-order chi connectivity index (χ1) is 13.0. The van der Waals surface area contributed by atoms with Crippen LogP contribution in [0, 0.1) is 0 Å². The van der Waals surface area contributed by atoms with E-state index in [9.17, 15) is 9.59 Å². The van der Waals surface area contributed by atoms with E-state index in [2.05, 4.69) is 10.4 Å². The maximum absolute atomic E-state index is 12.3. The van der Waals surface area contributed by atoms with Crippen molar-refractivity contribution < 1.29 is 14.3 Å². The Kier molecular flexibility index (Phi) is 5.51. The van der Waals surface area contributed by atoms with E-state index in [1.807, 2.05) is 54.6 Å². The lowest BCUT2D eigenvalue weighted by Gasteiger charge is -2.14. The Hall–Kier alpha value is -3.61. The fraction of sp³-hybridized carbons (Fsp3) is 0.150. The van der Waals surface area contributed by atoms with Crippen LogP contribution in [-0.4, -0.2) is 27.7 Å². The standard InChI is InChI=1S/C20H20N4O3/c1-14(20(26)23-17-11-22-24(12-17)13-19(21)25)27-18-9-7-16(8-10-18)15-5-3-2-4-6-15/h2-12,14H,13H2,1H3,(H2,21,25)(H,23,26). The van der Waals surface area contributed by atoms with Crippen LogP contribution in [-0.2, 0) is 16.1 Å². The van der Waals surface area contributed by atoms with Crippen molar-refractivity contribution in [3.05, 3.63) is 67.0 Å². The predicted octanol–water partition coefficient (Wildman–Crippen LogP) is 2.44. The van der Waals surface area contributed by atoms with Crippen molar-refractivity contribution in [1.29, 1.82) is 0 Å². The van der Waals surface area contributed by atoms with Gasteiger partial charge in [0.1, 0.15) is 12.3 Å². The van der Waals surface area contributed by atoms with Gasteiger partial charge in [-0.3, -0.25) is 14.3 Å². The van der Waals surface area contributed by atoms with Gasteiger partial charge in [-0.2, -0.15) is 5.10 Å². The van der Waals surface area contributed by atoms with Gasteiger partial charge in [-0.05, 0) is 30.2 Å². The van der Waals surface area contributed by atoms with E-state index in [1.54, 1.807) is 6.92 Å². The molecule has 0 aliphatic carbocycles. The topological polar surface area (TPSA) is 99.2 Å². The zero-order valence-corrected chi connectivity index (χ0v) is 14.8. The van der Waals surface area contributed by atoms with E-state index in [0.717, 1.165) is 11.1 Å². The molecule has 1 aromatic heterocycles. The van der Waals surface area contributed by atoms with Crippen molar-refractivity contribution in [3.63, 3.8) is 0 Å². The smallest absolute Gasteiger partial charge is 0.265 e. The first kappa shape index (κ1) is 18.2. The SMILES string of the molecule is CC(Oc1ccc(-c2ccccc2)cc1)C(=O)Nc1cnn(CC(N)=O)c1. The average molecular weight is 364 g/mol. The fourth-order valence-corrected chi connectivity index (χ4v) is 2.53. The van der Waals surface area contributed by atoms with E-state index in [4.69, 9.17) is 10.5 Å². The number of anilines is 1. The molecule has 2 aromatic carbocycles. The van der Waals surface area contributed by atoms with Crippen LogP contribution in [0.3, 0.4) is 0 Å². The van der Waals surface area contributed by atoms with Crippen LogP contribution >= 0.6 is 0 Å². The Balaban J connectivity index is 1.58. The van der Waals surface area contributed by atoms with Gasteiger partial charge in [0.15, 0.2) is 6.10 Å². The second-order valence-electron chi connectivity index (χ2n) is 6.03. The summed E-state index contributed by atoms with van der Waals surface area (Å²) in [6.07, 6.45) is 2.28. The molecule has 3 rings (SSSR count). The number of amides is 2. The number of hydrogen-bond donors (Lipinski definition) is 2. The molecule has 0 saturated heterocycles. The Labute approximate surface area is 156 Å². The number of ether oxygens (including phenoxy) is 1. The second-order valence-corrected chi connectivity index (χ2v) is 6.03. The number of nitrogens with one attached hydrogen (secondary N) is 1. The summed E-state index contributed by atoms with van der Waals surface area (Å²) < 4.78 is 7.05. The molecule has 1 atom stereocenters. The van der Waals surface area contributed by atoms with Crippen molar-refractivity contribution in [2.45, 2.75) is 19.6 Å². The zero-order chi connectivity index (χ0) is 19.2. The molecule has 0 fully saturated rings. The molecule has 3 N–H and O–H groups in total. The van der Waals surface area contributed by atoms with Crippen molar-refractivity contribution in [2.75, 3.05) is 5.32 Å². The molecule has 3 aromatic rings. The molecule has 0 bridgehead atoms. The van der Waals surface area contributed by atoms with Gasteiger partial charge in [-0.25, -0.2) is 0 Å². The fourth-order valence-electron chi connectivity index (χ4n) is 2.53. The summed E-state index contributed by atoms with van der Waals surface area (Å²) in [5.41, 5.74) is 7.76. The molecule has 0 spiro atoms. The van der Waals surface area contributed by atoms with Crippen LogP contribution in [0.15, 0.2) is 67.0 Å². The molecule has 1 unspecified atom stereocenters. The van der Waals surface area contributed by atoms with Crippen molar-refractivity contribution in [1.82, 2.24) is 9.78 Å². The Bertz CT molecular complexity index is 920. The Morgan fingerprint density at radius 1 is 1.11 bits per heavy atom. The van der Waals surface area contributed by atoms with Gasteiger partial charge in [0.05, 0.1) is 11.9 Å². The van der Waals surface area contributed by atoms with Gasteiger partial charge >= 0.3 is 0 Å². The molecule has 0 radical (unpaired) electrons.